The summed E-state index contributed by atoms with van der Waals surface area (Å²) < 4.78 is 19.4. The van der Waals surface area contributed by atoms with E-state index in [0.717, 1.165) is 5.56 Å². The molecule has 24 heavy (non-hydrogen) atoms. The monoisotopic (exact) mass is 414 g/mol. The number of benzene rings is 1. The van der Waals surface area contributed by atoms with Crippen LogP contribution in [0.25, 0.3) is 0 Å². The molecule has 0 bridgehead atoms. The van der Waals surface area contributed by atoms with Crippen molar-refractivity contribution in [2.24, 2.45) is 5.73 Å². The Morgan fingerprint density at radius 1 is 1.33 bits per heavy atom. The van der Waals surface area contributed by atoms with E-state index in [1.54, 1.807) is 38.1 Å². The van der Waals surface area contributed by atoms with Crippen LogP contribution in [0, 0.1) is 5.95 Å². The van der Waals surface area contributed by atoms with Gasteiger partial charge in [-0.25, -0.2) is 9.78 Å². The van der Waals surface area contributed by atoms with Crippen LogP contribution in [0.15, 0.2) is 40.9 Å². The number of carbonyl (C=O) groups excluding carboxylic acids is 1. The molecule has 0 aliphatic rings. The van der Waals surface area contributed by atoms with Gasteiger partial charge in [-0.2, -0.15) is 4.39 Å². The lowest BCUT2D eigenvalue weighted by Crippen LogP contribution is -2.38. The summed E-state index contributed by atoms with van der Waals surface area (Å²) in [6.45, 7) is 3.44. The quantitative estimate of drug-likeness (QED) is 0.711. The molecule has 1 amide bonds. The Morgan fingerprint density at radius 3 is 2.50 bits per heavy atom. The second kappa shape index (κ2) is 7.49. The average molecular weight is 416 g/mol. The van der Waals surface area contributed by atoms with Crippen LogP contribution in [0.5, 0.6) is 0 Å². The van der Waals surface area contributed by atoms with E-state index in [1.165, 1.54) is 0 Å². The molecule has 2 rings (SSSR count). The summed E-state index contributed by atoms with van der Waals surface area (Å²) in [5.74, 6) is -1.02. The smallest absolute Gasteiger partial charge is 0.405 e. The van der Waals surface area contributed by atoms with Gasteiger partial charge in [-0.1, -0.05) is 23.7 Å². The van der Waals surface area contributed by atoms with Crippen LogP contribution in [0.3, 0.4) is 0 Å². The molecule has 128 valence electrons. The number of aromatic nitrogens is 1. The second-order valence-electron chi connectivity index (χ2n) is 5.92. The number of ether oxygens (including phenoxy) is 1. The van der Waals surface area contributed by atoms with Crippen molar-refractivity contribution < 1.29 is 13.9 Å². The zero-order chi connectivity index (χ0) is 17.9. The SMILES string of the molecule is CC(C)(OC(N)=O)C(Cc1ccc(Cl)cc1)c1ccc(Br)c(F)n1. The highest BCUT2D eigenvalue weighted by atomic mass is 79.9. The van der Waals surface area contributed by atoms with E-state index in [9.17, 15) is 9.18 Å². The lowest BCUT2D eigenvalue weighted by molar-refractivity contribution is 0.0225. The predicted octanol–water partition coefficient (Wildman–Crippen LogP) is 4.84. The number of primary amides is 1. The van der Waals surface area contributed by atoms with Crippen LogP contribution in [-0.4, -0.2) is 16.7 Å². The van der Waals surface area contributed by atoms with Gasteiger partial charge < -0.3 is 10.5 Å². The van der Waals surface area contributed by atoms with Crippen LogP contribution in [-0.2, 0) is 11.2 Å². The number of amides is 1. The molecule has 0 fully saturated rings. The molecule has 2 N–H and O–H groups in total. The van der Waals surface area contributed by atoms with E-state index in [4.69, 9.17) is 22.1 Å². The van der Waals surface area contributed by atoms with Crippen molar-refractivity contribution in [3.63, 3.8) is 0 Å². The van der Waals surface area contributed by atoms with E-state index >= 15 is 0 Å². The van der Waals surface area contributed by atoms with Gasteiger partial charge in [-0.15, -0.1) is 0 Å². The fraction of sp³-hybridized carbons (Fsp3) is 0.294. The molecule has 1 aromatic heterocycles. The molecule has 1 aromatic carbocycles. The first-order valence-corrected chi connectivity index (χ1v) is 8.41. The Hall–Kier alpha value is -1.66. The third kappa shape index (κ3) is 4.68. The zero-order valence-corrected chi connectivity index (χ0v) is 15.6. The maximum absolute atomic E-state index is 13.9. The summed E-state index contributed by atoms with van der Waals surface area (Å²) in [5.41, 5.74) is 5.63. The summed E-state index contributed by atoms with van der Waals surface area (Å²) in [4.78, 5) is 15.2. The molecule has 0 spiro atoms. The molecule has 0 aliphatic carbocycles. The second-order valence-corrected chi connectivity index (χ2v) is 7.21. The number of pyridine rings is 1. The highest BCUT2D eigenvalue weighted by Crippen LogP contribution is 2.34. The van der Waals surface area contributed by atoms with Gasteiger partial charge in [-0.3, -0.25) is 0 Å². The minimum Gasteiger partial charge on any atom is -0.443 e. The fourth-order valence-corrected chi connectivity index (χ4v) is 2.87. The molecular weight excluding hydrogens is 399 g/mol. The molecule has 1 unspecified atom stereocenters. The summed E-state index contributed by atoms with van der Waals surface area (Å²) in [7, 11) is 0. The Balaban J connectivity index is 2.41. The average Bonchev–Trinajstić information content (AvgIpc) is 2.48. The van der Waals surface area contributed by atoms with E-state index < -0.39 is 23.6 Å². The first-order valence-electron chi connectivity index (χ1n) is 7.24. The number of hydrogen-bond donors (Lipinski definition) is 1. The van der Waals surface area contributed by atoms with Crippen molar-refractivity contribution in [1.82, 2.24) is 4.98 Å². The first kappa shape index (κ1) is 18.7. The van der Waals surface area contributed by atoms with Crippen LogP contribution >= 0.6 is 27.5 Å². The fourth-order valence-electron chi connectivity index (χ4n) is 2.52. The normalized spacial score (nSPS) is 12.7. The number of rotatable bonds is 5. The number of hydrogen-bond acceptors (Lipinski definition) is 3. The number of carbonyl (C=O) groups is 1. The van der Waals surface area contributed by atoms with Gasteiger partial charge >= 0.3 is 6.09 Å². The summed E-state index contributed by atoms with van der Waals surface area (Å²) in [6, 6.07) is 10.5. The molecule has 0 radical (unpaired) electrons. The van der Waals surface area contributed by atoms with Gasteiger partial charge in [0.15, 0.2) is 0 Å². The highest BCUT2D eigenvalue weighted by Gasteiger charge is 2.35. The van der Waals surface area contributed by atoms with Crippen molar-refractivity contribution >= 4 is 33.6 Å². The van der Waals surface area contributed by atoms with Gasteiger partial charge in [0.25, 0.3) is 0 Å². The lowest BCUT2D eigenvalue weighted by atomic mass is 9.82. The van der Waals surface area contributed by atoms with Gasteiger partial charge in [-0.05, 0) is 66.0 Å². The maximum Gasteiger partial charge on any atom is 0.405 e. The summed E-state index contributed by atoms with van der Waals surface area (Å²) in [6.07, 6.45) is -0.412. The van der Waals surface area contributed by atoms with Crippen molar-refractivity contribution in [3.8, 4) is 0 Å². The van der Waals surface area contributed by atoms with Crippen LogP contribution in [0.4, 0.5) is 9.18 Å². The highest BCUT2D eigenvalue weighted by molar-refractivity contribution is 9.10. The van der Waals surface area contributed by atoms with Gasteiger partial charge in [0.2, 0.25) is 5.95 Å². The molecule has 4 nitrogen and oxygen atoms in total. The van der Waals surface area contributed by atoms with E-state index in [0.29, 0.717) is 17.1 Å². The molecule has 0 saturated carbocycles. The molecule has 7 heteroatoms. The van der Waals surface area contributed by atoms with Crippen LogP contribution < -0.4 is 5.73 Å². The van der Waals surface area contributed by atoms with Crippen molar-refractivity contribution in [3.05, 3.63) is 63.1 Å². The Labute approximate surface area is 153 Å². The van der Waals surface area contributed by atoms with E-state index in [1.807, 2.05) is 12.1 Å². The zero-order valence-electron chi connectivity index (χ0n) is 13.2. The summed E-state index contributed by atoms with van der Waals surface area (Å²) >= 11 is 9.00. The minimum atomic E-state index is -0.973. The van der Waals surface area contributed by atoms with E-state index in [-0.39, 0.29) is 4.47 Å². The Kier molecular flexibility index (Phi) is 5.83. The number of halogens is 3. The van der Waals surface area contributed by atoms with Crippen molar-refractivity contribution in [2.45, 2.75) is 31.8 Å². The third-order valence-corrected chi connectivity index (χ3v) is 4.58. The summed E-state index contributed by atoms with van der Waals surface area (Å²) in [5, 5.41) is 0.621. The molecule has 0 saturated heterocycles. The molecule has 2 aromatic rings. The number of nitrogens with two attached hydrogens (primary N) is 1. The maximum atomic E-state index is 13.9. The third-order valence-electron chi connectivity index (χ3n) is 3.74. The lowest BCUT2D eigenvalue weighted by Gasteiger charge is -2.33. The standard InChI is InChI=1S/C17H17BrClFN2O2/c1-17(2,24-16(21)23)12(9-10-3-5-11(19)6-4-10)14-8-7-13(18)15(20)22-14/h3-8,12H,9H2,1-2H3,(H2,21,23). The Morgan fingerprint density at radius 2 is 1.96 bits per heavy atom. The molecular formula is C17H17BrClFN2O2. The van der Waals surface area contributed by atoms with Crippen molar-refractivity contribution in [2.75, 3.05) is 0 Å². The topological polar surface area (TPSA) is 65.2 Å². The van der Waals surface area contributed by atoms with Gasteiger partial charge in [0.1, 0.15) is 5.60 Å². The molecule has 1 atom stereocenters. The van der Waals surface area contributed by atoms with Crippen LogP contribution in [0.2, 0.25) is 5.02 Å². The molecule has 1 heterocycles. The first-order chi connectivity index (χ1) is 11.2. The minimum absolute atomic E-state index is 0.269. The predicted molar refractivity (Wildman–Crippen MR) is 94.5 cm³/mol. The molecule has 0 aliphatic heterocycles. The van der Waals surface area contributed by atoms with Gasteiger partial charge in [0, 0.05) is 10.9 Å². The van der Waals surface area contributed by atoms with Crippen LogP contribution in [0.1, 0.15) is 31.0 Å². The van der Waals surface area contributed by atoms with Gasteiger partial charge in [0.05, 0.1) is 10.2 Å². The van der Waals surface area contributed by atoms with Crippen molar-refractivity contribution in [1.29, 1.82) is 0 Å². The largest absolute Gasteiger partial charge is 0.443 e. The number of nitrogens with zero attached hydrogens (tertiary/aromatic N) is 1. The van der Waals surface area contributed by atoms with E-state index in [2.05, 4.69) is 20.9 Å². The Bertz CT molecular complexity index is 738.